The van der Waals surface area contributed by atoms with Crippen molar-refractivity contribution in [2.24, 2.45) is 0 Å². The Morgan fingerprint density at radius 2 is 0.629 bits per heavy atom. The Hall–Kier alpha value is -1.13. The number of rotatable bonds is 53. The summed E-state index contributed by atoms with van der Waals surface area (Å²) in [6.07, 6.45) is 72.1. The molecular weight excluding hydrogens is 759 g/mol. The molecule has 0 aliphatic rings. The number of hydrogen-bond acceptors (Lipinski definition) is 3. The molecule has 1 amide bonds. The first-order valence-corrected chi connectivity index (χ1v) is 28.6. The van der Waals surface area contributed by atoms with E-state index in [9.17, 15) is 15.0 Å². The fraction of sp³-hybridized carbons (Fsp3) is 0.914. The van der Waals surface area contributed by atoms with Crippen LogP contribution in [0.4, 0.5) is 0 Å². The number of aliphatic hydroxyl groups excluding tert-OH is 2. The summed E-state index contributed by atoms with van der Waals surface area (Å²) in [5, 5.41) is 23.2. The molecule has 2 unspecified atom stereocenters. The zero-order chi connectivity index (χ0) is 44.9. The molecule has 2 atom stereocenters. The predicted octanol–water partition coefficient (Wildman–Crippen LogP) is 18.7. The van der Waals surface area contributed by atoms with Crippen LogP contribution in [0.15, 0.2) is 24.3 Å². The van der Waals surface area contributed by atoms with Crippen LogP contribution in [-0.2, 0) is 4.79 Å². The highest BCUT2D eigenvalue weighted by Gasteiger charge is 2.18. The van der Waals surface area contributed by atoms with Crippen molar-refractivity contribution in [2.45, 2.75) is 334 Å². The summed E-state index contributed by atoms with van der Waals surface area (Å²) in [5.41, 5.74) is 0. The van der Waals surface area contributed by atoms with Crippen molar-refractivity contribution >= 4 is 5.91 Å². The van der Waals surface area contributed by atoms with Gasteiger partial charge in [0.1, 0.15) is 0 Å². The van der Waals surface area contributed by atoms with E-state index in [4.69, 9.17) is 0 Å². The smallest absolute Gasteiger partial charge is 0.220 e. The molecule has 0 aromatic rings. The molecule has 0 aromatic heterocycles. The second kappa shape index (κ2) is 54.2. The Labute approximate surface area is 389 Å². The van der Waals surface area contributed by atoms with E-state index in [-0.39, 0.29) is 12.5 Å². The molecule has 0 heterocycles. The van der Waals surface area contributed by atoms with Gasteiger partial charge < -0.3 is 15.5 Å². The molecule has 0 aromatic carbocycles. The van der Waals surface area contributed by atoms with Gasteiger partial charge in [-0.2, -0.15) is 0 Å². The minimum absolute atomic E-state index is 0.0668. The van der Waals surface area contributed by atoms with Gasteiger partial charge in [0, 0.05) is 6.42 Å². The van der Waals surface area contributed by atoms with E-state index in [1.165, 1.54) is 270 Å². The van der Waals surface area contributed by atoms with E-state index in [1.807, 2.05) is 6.08 Å². The van der Waals surface area contributed by atoms with E-state index in [0.717, 1.165) is 32.1 Å². The number of nitrogens with one attached hydrogen (secondary N) is 1. The number of aliphatic hydroxyl groups is 2. The van der Waals surface area contributed by atoms with Crippen molar-refractivity contribution in [3.05, 3.63) is 24.3 Å². The molecule has 0 spiro atoms. The van der Waals surface area contributed by atoms with Gasteiger partial charge in [-0.3, -0.25) is 4.79 Å². The maximum absolute atomic E-state index is 12.5. The second-order valence-electron chi connectivity index (χ2n) is 19.7. The van der Waals surface area contributed by atoms with Crippen LogP contribution in [0.5, 0.6) is 0 Å². The number of carbonyl (C=O) groups excluding carboxylic acids is 1. The number of unbranched alkanes of at least 4 members (excludes halogenated alkanes) is 44. The molecule has 368 valence electrons. The molecule has 0 aliphatic carbocycles. The number of allylic oxidation sites excluding steroid dienone is 3. The summed E-state index contributed by atoms with van der Waals surface area (Å²) in [7, 11) is 0. The Balaban J connectivity index is 3.49. The molecule has 0 aliphatic heterocycles. The van der Waals surface area contributed by atoms with E-state index >= 15 is 0 Å². The first-order chi connectivity index (χ1) is 30.7. The summed E-state index contributed by atoms with van der Waals surface area (Å²) in [6, 6.07) is -0.636. The van der Waals surface area contributed by atoms with Crippen molar-refractivity contribution in [2.75, 3.05) is 6.61 Å². The van der Waals surface area contributed by atoms with Crippen LogP contribution < -0.4 is 5.32 Å². The van der Waals surface area contributed by atoms with Crippen LogP contribution in [0, 0.1) is 0 Å². The van der Waals surface area contributed by atoms with Crippen molar-refractivity contribution in [3.8, 4) is 0 Å². The molecule has 0 saturated heterocycles. The van der Waals surface area contributed by atoms with Crippen LogP contribution in [0.25, 0.3) is 0 Å². The van der Waals surface area contributed by atoms with Gasteiger partial charge >= 0.3 is 0 Å². The van der Waals surface area contributed by atoms with Crippen molar-refractivity contribution in [1.29, 1.82) is 0 Å². The molecular formula is C58H113NO3. The molecule has 0 saturated carbocycles. The van der Waals surface area contributed by atoms with Gasteiger partial charge in [0.2, 0.25) is 5.91 Å². The molecule has 3 N–H and O–H groups in total. The minimum Gasteiger partial charge on any atom is -0.394 e. The lowest BCUT2D eigenvalue weighted by Gasteiger charge is -2.19. The van der Waals surface area contributed by atoms with E-state index in [2.05, 4.69) is 31.3 Å². The average molecular weight is 873 g/mol. The lowest BCUT2D eigenvalue weighted by atomic mass is 10.0. The summed E-state index contributed by atoms with van der Waals surface area (Å²) in [5.74, 6) is -0.0668. The van der Waals surface area contributed by atoms with Gasteiger partial charge in [0.25, 0.3) is 0 Å². The highest BCUT2D eigenvalue weighted by atomic mass is 16.3. The maximum atomic E-state index is 12.5. The van der Waals surface area contributed by atoms with Gasteiger partial charge in [-0.1, -0.05) is 308 Å². The standard InChI is InChI=1S/C58H113NO3/c1-3-5-7-9-11-13-15-17-19-21-23-25-26-27-28-29-30-31-32-34-35-37-39-41-43-45-47-49-51-53-57(61)56(55-60)59-58(62)54-52-50-48-46-44-42-40-38-36-33-24-22-20-18-16-14-12-10-8-6-4-2/h43,45,51,53,56-57,60-61H,3-42,44,46-50,52,54-55H2,1-2H3,(H,59,62)/b45-43+,53-51+. The third-order valence-electron chi connectivity index (χ3n) is 13.4. The van der Waals surface area contributed by atoms with E-state index in [1.54, 1.807) is 6.08 Å². The molecule has 0 radical (unpaired) electrons. The van der Waals surface area contributed by atoms with Gasteiger partial charge in [0.05, 0.1) is 18.8 Å². The number of amides is 1. The first-order valence-electron chi connectivity index (χ1n) is 28.6. The Morgan fingerprint density at radius 3 is 0.935 bits per heavy atom. The minimum atomic E-state index is -0.860. The largest absolute Gasteiger partial charge is 0.394 e. The monoisotopic (exact) mass is 872 g/mol. The molecule has 0 bridgehead atoms. The van der Waals surface area contributed by atoms with Gasteiger partial charge in [0.15, 0.2) is 0 Å². The lowest BCUT2D eigenvalue weighted by molar-refractivity contribution is -0.123. The first kappa shape index (κ1) is 60.9. The molecule has 0 fully saturated rings. The summed E-state index contributed by atoms with van der Waals surface area (Å²) < 4.78 is 0. The van der Waals surface area contributed by atoms with Crippen molar-refractivity contribution in [1.82, 2.24) is 5.32 Å². The molecule has 4 nitrogen and oxygen atoms in total. The normalized spacial score (nSPS) is 12.9. The Kier molecular flexibility index (Phi) is 53.2. The fourth-order valence-corrected chi connectivity index (χ4v) is 9.08. The highest BCUT2D eigenvalue weighted by Crippen LogP contribution is 2.18. The molecule has 62 heavy (non-hydrogen) atoms. The van der Waals surface area contributed by atoms with Gasteiger partial charge in [-0.15, -0.1) is 0 Å². The lowest BCUT2D eigenvalue weighted by Crippen LogP contribution is -2.45. The Bertz CT molecular complexity index is 901. The topological polar surface area (TPSA) is 69.6 Å². The second-order valence-corrected chi connectivity index (χ2v) is 19.7. The van der Waals surface area contributed by atoms with Gasteiger partial charge in [-0.05, 0) is 32.1 Å². The fourth-order valence-electron chi connectivity index (χ4n) is 9.08. The third-order valence-corrected chi connectivity index (χ3v) is 13.4. The van der Waals surface area contributed by atoms with Crippen LogP contribution >= 0.6 is 0 Å². The quantitative estimate of drug-likeness (QED) is 0.0421. The average Bonchev–Trinajstić information content (AvgIpc) is 3.28. The molecule has 4 heteroatoms. The van der Waals surface area contributed by atoms with Gasteiger partial charge in [-0.25, -0.2) is 0 Å². The van der Waals surface area contributed by atoms with E-state index < -0.39 is 12.1 Å². The van der Waals surface area contributed by atoms with Crippen LogP contribution in [0.3, 0.4) is 0 Å². The van der Waals surface area contributed by atoms with Crippen molar-refractivity contribution < 1.29 is 15.0 Å². The predicted molar refractivity (Wildman–Crippen MR) is 276 cm³/mol. The summed E-state index contributed by atoms with van der Waals surface area (Å²) in [6.45, 7) is 4.34. The molecule has 0 rings (SSSR count). The van der Waals surface area contributed by atoms with E-state index in [0.29, 0.717) is 6.42 Å². The summed E-state index contributed by atoms with van der Waals surface area (Å²) in [4.78, 5) is 12.5. The SMILES string of the molecule is CCCCCCCCCCCCCCCCCCCCCCCCC/C=C/CC/C=C/C(O)C(CO)NC(=O)CCCCCCCCCCCCCCCCCCCCCCC. The zero-order valence-corrected chi connectivity index (χ0v) is 42.4. The zero-order valence-electron chi connectivity index (χ0n) is 42.4. The van der Waals surface area contributed by atoms with Crippen LogP contribution in [0.1, 0.15) is 322 Å². The number of carbonyl (C=O) groups is 1. The number of hydrogen-bond donors (Lipinski definition) is 3. The van der Waals surface area contributed by atoms with Crippen LogP contribution in [0.2, 0.25) is 0 Å². The summed E-state index contributed by atoms with van der Waals surface area (Å²) >= 11 is 0. The van der Waals surface area contributed by atoms with Crippen LogP contribution in [-0.4, -0.2) is 34.9 Å². The van der Waals surface area contributed by atoms with Crippen molar-refractivity contribution in [3.63, 3.8) is 0 Å². The third kappa shape index (κ3) is 49.9. The highest BCUT2D eigenvalue weighted by molar-refractivity contribution is 5.76. The maximum Gasteiger partial charge on any atom is 0.220 e. The Morgan fingerprint density at radius 1 is 0.371 bits per heavy atom.